The highest BCUT2D eigenvalue weighted by Crippen LogP contribution is 2.16. The van der Waals surface area contributed by atoms with Gasteiger partial charge in [0.2, 0.25) is 5.91 Å². The van der Waals surface area contributed by atoms with Crippen LogP contribution in [0.25, 0.3) is 5.13 Å². The summed E-state index contributed by atoms with van der Waals surface area (Å²) in [5.41, 5.74) is 2.94. The first-order chi connectivity index (χ1) is 11.7. The van der Waals surface area contributed by atoms with Crippen molar-refractivity contribution in [2.75, 3.05) is 5.32 Å². The highest BCUT2D eigenvalue weighted by atomic mass is 32.1. The third kappa shape index (κ3) is 4.32. The number of nitrogens with zero attached hydrogens (tertiary/aromatic N) is 2. The minimum absolute atomic E-state index is 0.0411. The Labute approximate surface area is 146 Å². The zero-order chi connectivity index (χ0) is 16.8. The number of anilines is 1. The summed E-state index contributed by atoms with van der Waals surface area (Å²) >= 11 is 1.54. The van der Waals surface area contributed by atoms with Crippen LogP contribution in [0, 0.1) is 0 Å². The molecular weight excluding hydrogens is 318 g/mol. The van der Waals surface area contributed by atoms with Crippen LogP contribution >= 0.6 is 11.3 Å². The molecule has 1 N–H and O–H groups in total. The molecule has 0 saturated heterocycles. The van der Waals surface area contributed by atoms with Crippen LogP contribution in [0.4, 0.5) is 5.69 Å². The molecule has 2 heterocycles. The smallest absolute Gasteiger partial charge is 0.230 e. The predicted molar refractivity (Wildman–Crippen MR) is 98.8 cm³/mol. The fraction of sp³-hybridized carbons (Fsp3) is 0.263. The minimum Gasteiger partial charge on any atom is -0.326 e. The first-order valence-corrected chi connectivity index (χ1v) is 9.09. The van der Waals surface area contributed by atoms with Crippen molar-refractivity contribution in [3.8, 4) is 5.13 Å². The Balaban J connectivity index is 1.55. The van der Waals surface area contributed by atoms with E-state index < -0.39 is 0 Å². The second kappa shape index (κ2) is 7.93. The van der Waals surface area contributed by atoms with Crippen LogP contribution < -0.4 is 5.32 Å². The third-order valence-electron chi connectivity index (χ3n) is 3.76. The van der Waals surface area contributed by atoms with Gasteiger partial charge < -0.3 is 9.88 Å². The summed E-state index contributed by atoms with van der Waals surface area (Å²) in [6.07, 6.45) is 7.66. The first-order valence-electron chi connectivity index (χ1n) is 8.21. The van der Waals surface area contributed by atoms with Crippen LogP contribution in [0.3, 0.4) is 0 Å². The molecule has 1 aromatic carbocycles. The number of benzene rings is 1. The quantitative estimate of drug-likeness (QED) is 0.691. The molecule has 0 radical (unpaired) electrons. The number of nitrogens with one attached hydrogen (secondary N) is 1. The molecule has 0 bridgehead atoms. The zero-order valence-electron chi connectivity index (χ0n) is 13.7. The van der Waals surface area contributed by atoms with Gasteiger partial charge in [-0.05, 0) is 42.7 Å². The minimum atomic E-state index is -0.0411. The van der Waals surface area contributed by atoms with Gasteiger partial charge in [-0.2, -0.15) is 0 Å². The van der Waals surface area contributed by atoms with Crippen LogP contribution in [0.15, 0.2) is 54.2 Å². The van der Waals surface area contributed by atoms with Crippen LogP contribution in [0.2, 0.25) is 0 Å². The molecule has 3 rings (SSSR count). The van der Waals surface area contributed by atoms with Crippen LogP contribution in [-0.2, 0) is 17.6 Å². The van der Waals surface area contributed by atoms with Gasteiger partial charge in [0.1, 0.15) is 0 Å². The predicted octanol–water partition coefficient (Wildman–Crippen LogP) is 4.46. The first kappa shape index (κ1) is 16.5. The number of unbranched alkanes of at least 4 members (excludes halogenated alkanes) is 1. The highest BCUT2D eigenvalue weighted by Gasteiger charge is 2.09. The van der Waals surface area contributed by atoms with E-state index in [1.54, 1.807) is 0 Å². The fourth-order valence-electron chi connectivity index (χ4n) is 2.46. The summed E-state index contributed by atoms with van der Waals surface area (Å²) < 4.78 is 1.95. The molecular formula is C19H21N3OS. The standard InChI is InChI=1S/C19H21N3OS/c1-2-3-6-15-7-9-16(10-8-15)20-18(23)13-17-14-24-19(21-17)22-11-4-5-12-22/h4-5,7-12,14H,2-3,6,13H2,1H3,(H,20,23). The Morgan fingerprint density at radius 3 is 2.67 bits per heavy atom. The number of amides is 1. The van der Waals surface area contributed by atoms with E-state index in [-0.39, 0.29) is 12.3 Å². The molecule has 0 saturated carbocycles. The molecule has 2 aromatic heterocycles. The van der Waals surface area contributed by atoms with Crippen molar-refractivity contribution in [3.63, 3.8) is 0 Å². The van der Waals surface area contributed by atoms with Crippen molar-refractivity contribution in [1.82, 2.24) is 9.55 Å². The number of hydrogen-bond donors (Lipinski definition) is 1. The maximum Gasteiger partial charge on any atom is 0.230 e. The second-order valence-corrected chi connectivity index (χ2v) is 6.57. The Morgan fingerprint density at radius 2 is 1.96 bits per heavy atom. The molecule has 124 valence electrons. The zero-order valence-corrected chi connectivity index (χ0v) is 14.6. The van der Waals surface area contributed by atoms with Crippen LogP contribution in [0.5, 0.6) is 0 Å². The lowest BCUT2D eigenvalue weighted by Gasteiger charge is -2.06. The van der Waals surface area contributed by atoms with Gasteiger partial charge in [0.15, 0.2) is 5.13 Å². The summed E-state index contributed by atoms with van der Waals surface area (Å²) in [5, 5.41) is 5.75. The molecule has 0 fully saturated rings. The molecule has 0 unspecified atom stereocenters. The topological polar surface area (TPSA) is 46.9 Å². The van der Waals surface area contributed by atoms with Crippen molar-refractivity contribution in [2.24, 2.45) is 0 Å². The molecule has 0 aliphatic heterocycles. The number of rotatable bonds is 7. The van der Waals surface area contributed by atoms with E-state index in [4.69, 9.17) is 0 Å². The summed E-state index contributed by atoms with van der Waals surface area (Å²) in [4.78, 5) is 16.7. The lowest BCUT2D eigenvalue weighted by Crippen LogP contribution is -2.14. The van der Waals surface area contributed by atoms with Gasteiger partial charge in [-0.15, -0.1) is 11.3 Å². The van der Waals surface area contributed by atoms with Crippen molar-refractivity contribution in [3.05, 3.63) is 65.4 Å². The summed E-state index contributed by atoms with van der Waals surface area (Å²) in [7, 11) is 0. The number of aryl methyl sites for hydroxylation is 1. The van der Waals surface area contributed by atoms with Crippen molar-refractivity contribution in [2.45, 2.75) is 32.6 Å². The van der Waals surface area contributed by atoms with Gasteiger partial charge in [-0.1, -0.05) is 25.5 Å². The normalized spacial score (nSPS) is 10.7. The molecule has 0 atom stereocenters. The highest BCUT2D eigenvalue weighted by molar-refractivity contribution is 7.12. The van der Waals surface area contributed by atoms with Crippen LogP contribution in [0.1, 0.15) is 31.0 Å². The summed E-state index contributed by atoms with van der Waals surface area (Å²) in [6, 6.07) is 12.0. The number of carbonyl (C=O) groups excluding carboxylic acids is 1. The van der Waals surface area contributed by atoms with Gasteiger partial charge in [0.25, 0.3) is 0 Å². The summed E-state index contributed by atoms with van der Waals surface area (Å²) in [5.74, 6) is -0.0411. The van der Waals surface area contributed by atoms with Gasteiger partial charge >= 0.3 is 0 Å². The van der Waals surface area contributed by atoms with Gasteiger partial charge in [-0.25, -0.2) is 4.98 Å². The van der Waals surface area contributed by atoms with E-state index in [1.807, 2.05) is 46.6 Å². The van der Waals surface area contributed by atoms with E-state index in [1.165, 1.54) is 29.7 Å². The number of thiazole rings is 1. The maximum absolute atomic E-state index is 12.2. The van der Waals surface area contributed by atoms with Crippen molar-refractivity contribution < 1.29 is 4.79 Å². The van der Waals surface area contributed by atoms with Gasteiger partial charge in [0.05, 0.1) is 12.1 Å². The van der Waals surface area contributed by atoms with Crippen LogP contribution in [-0.4, -0.2) is 15.5 Å². The SMILES string of the molecule is CCCCc1ccc(NC(=O)Cc2csc(-n3cccc3)n2)cc1. The van der Waals surface area contributed by atoms with E-state index in [9.17, 15) is 4.79 Å². The van der Waals surface area contributed by atoms with Crippen molar-refractivity contribution in [1.29, 1.82) is 0 Å². The summed E-state index contributed by atoms with van der Waals surface area (Å²) in [6.45, 7) is 2.19. The number of hydrogen-bond acceptors (Lipinski definition) is 3. The maximum atomic E-state index is 12.2. The van der Waals surface area contributed by atoms with Gasteiger partial charge in [-0.3, -0.25) is 4.79 Å². The molecule has 0 spiro atoms. The second-order valence-electron chi connectivity index (χ2n) is 5.74. The molecule has 5 heteroatoms. The Hall–Kier alpha value is -2.40. The Kier molecular flexibility index (Phi) is 5.43. The lowest BCUT2D eigenvalue weighted by atomic mass is 10.1. The average molecular weight is 339 g/mol. The van der Waals surface area contributed by atoms with E-state index in [2.05, 4.69) is 29.4 Å². The molecule has 24 heavy (non-hydrogen) atoms. The fourth-order valence-corrected chi connectivity index (χ4v) is 3.25. The number of carbonyl (C=O) groups is 1. The molecule has 0 aliphatic rings. The largest absolute Gasteiger partial charge is 0.326 e. The lowest BCUT2D eigenvalue weighted by molar-refractivity contribution is -0.115. The number of aromatic nitrogens is 2. The molecule has 3 aromatic rings. The van der Waals surface area contributed by atoms with E-state index in [0.29, 0.717) is 0 Å². The molecule has 4 nitrogen and oxygen atoms in total. The van der Waals surface area contributed by atoms with Crippen molar-refractivity contribution >= 4 is 22.9 Å². The van der Waals surface area contributed by atoms with Gasteiger partial charge in [0, 0.05) is 23.5 Å². The van der Waals surface area contributed by atoms with E-state index in [0.717, 1.165) is 22.9 Å². The Bertz CT molecular complexity index is 775. The third-order valence-corrected chi connectivity index (χ3v) is 4.67. The monoisotopic (exact) mass is 339 g/mol. The Morgan fingerprint density at radius 1 is 1.21 bits per heavy atom. The molecule has 1 amide bonds. The molecule has 0 aliphatic carbocycles. The van der Waals surface area contributed by atoms with E-state index >= 15 is 0 Å². The average Bonchev–Trinajstić information content (AvgIpc) is 3.25.